The fourth-order valence-electron chi connectivity index (χ4n) is 2.19. The van der Waals surface area contributed by atoms with Crippen LogP contribution in [0, 0.1) is 12.7 Å². The van der Waals surface area contributed by atoms with E-state index in [0.29, 0.717) is 23.8 Å². The average Bonchev–Trinajstić information content (AvgIpc) is 2.09. The van der Waals surface area contributed by atoms with Crippen LogP contribution in [-0.4, -0.2) is 18.8 Å². The molecule has 2 rings (SSSR count). The maximum absolute atomic E-state index is 13.7. The SMILES string of the molecule is Cc1cc(Cl)c(C2(C(C)(C)N)COC2)cc1F. The monoisotopic (exact) mass is 257 g/mol. The molecule has 1 heterocycles. The van der Waals surface area contributed by atoms with Gasteiger partial charge in [-0.05, 0) is 44.0 Å². The molecule has 17 heavy (non-hydrogen) atoms. The Hall–Kier alpha value is -0.640. The maximum Gasteiger partial charge on any atom is 0.126 e. The van der Waals surface area contributed by atoms with Gasteiger partial charge in [0.2, 0.25) is 0 Å². The molecule has 0 unspecified atom stereocenters. The van der Waals surface area contributed by atoms with Crippen LogP contribution in [0.25, 0.3) is 0 Å². The molecule has 0 atom stereocenters. The van der Waals surface area contributed by atoms with Crippen molar-refractivity contribution in [1.29, 1.82) is 0 Å². The van der Waals surface area contributed by atoms with E-state index in [1.54, 1.807) is 13.0 Å². The molecule has 0 radical (unpaired) electrons. The quantitative estimate of drug-likeness (QED) is 0.884. The van der Waals surface area contributed by atoms with Crippen LogP contribution in [0.1, 0.15) is 25.0 Å². The average molecular weight is 258 g/mol. The Morgan fingerprint density at radius 3 is 2.41 bits per heavy atom. The fraction of sp³-hybridized carbons (Fsp3) is 0.538. The molecule has 0 aromatic heterocycles. The zero-order chi connectivity index (χ0) is 12.8. The van der Waals surface area contributed by atoms with E-state index in [1.165, 1.54) is 6.07 Å². The van der Waals surface area contributed by atoms with Crippen molar-refractivity contribution in [3.05, 3.63) is 34.1 Å². The van der Waals surface area contributed by atoms with Gasteiger partial charge in [0.05, 0.1) is 18.6 Å². The summed E-state index contributed by atoms with van der Waals surface area (Å²) in [7, 11) is 0. The minimum atomic E-state index is -0.503. The van der Waals surface area contributed by atoms with Gasteiger partial charge in [0.25, 0.3) is 0 Å². The molecule has 94 valence electrons. The zero-order valence-corrected chi connectivity index (χ0v) is 11.1. The normalized spacial score (nSPS) is 18.9. The van der Waals surface area contributed by atoms with Gasteiger partial charge in [-0.25, -0.2) is 4.39 Å². The largest absolute Gasteiger partial charge is 0.379 e. The van der Waals surface area contributed by atoms with Gasteiger partial charge in [0, 0.05) is 10.6 Å². The number of aryl methyl sites for hydroxylation is 1. The van der Waals surface area contributed by atoms with Crippen molar-refractivity contribution in [1.82, 2.24) is 0 Å². The first kappa shape index (κ1) is 12.8. The van der Waals surface area contributed by atoms with Crippen molar-refractivity contribution in [3.8, 4) is 0 Å². The fourth-order valence-corrected chi connectivity index (χ4v) is 2.59. The summed E-state index contributed by atoms with van der Waals surface area (Å²) >= 11 is 6.23. The van der Waals surface area contributed by atoms with Crippen molar-refractivity contribution < 1.29 is 9.13 Å². The molecule has 2 nitrogen and oxygen atoms in total. The summed E-state index contributed by atoms with van der Waals surface area (Å²) in [6.07, 6.45) is 0. The molecule has 1 aliphatic heterocycles. The number of halogens is 2. The first-order valence-corrected chi connectivity index (χ1v) is 5.98. The lowest BCUT2D eigenvalue weighted by atomic mass is 9.65. The lowest BCUT2D eigenvalue weighted by Crippen LogP contribution is -2.65. The molecule has 0 saturated carbocycles. The molecule has 0 spiro atoms. The van der Waals surface area contributed by atoms with Crippen LogP contribution in [0.5, 0.6) is 0 Å². The summed E-state index contributed by atoms with van der Waals surface area (Å²) in [5, 5.41) is 0.561. The van der Waals surface area contributed by atoms with Gasteiger partial charge in [-0.15, -0.1) is 0 Å². The van der Waals surface area contributed by atoms with E-state index in [-0.39, 0.29) is 5.82 Å². The van der Waals surface area contributed by atoms with Crippen molar-refractivity contribution in [2.45, 2.75) is 31.7 Å². The van der Waals surface area contributed by atoms with Crippen LogP contribution < -0.4 is 5.73 Å². The van der Waals surface area contributed by atoms with E-state index in [4.69, 9.17) is 22.1 Å². The second-order valence-electron chi connectivity index (χ2n) is 5.38. The molecular weight excluding hydrogens is 241 g/mol. The molecule has 1 aliphatic rings. The van der Waals surface area contributed by atoms with E-state index in [1.807, 2.05) is 13.8 Å². The highest BCUT2D eigenvalue weighted by Crippen LogP contribution is 2.44. The topological polar surface area (TPSA) is 35.2 Å². The van der Waals surface area contributed by atoms with Crippen LogP contribution in [0.3, 0.4) is 0 Å². The van der Waals surface area contributed by atoms with Crippen LogP contribution in [0.15, 0.2) is 12.1 Å². The van der Waals surface area contributed by atoms with Gasteiger partial charge in [-0.2, -0.15) is 0 Å². The van der Waals surface area contributed by atoms with Crippen LogP contribution in [0.4, 0.5) is 4.39 Å². The Labute approximate surface area is 106 Å². The first-order valence-electron chi connectivity index (χ1n) is 5.61. The van der Waals surface area contributed by atoms with E-state index in [0.717, 1.165) is 5.56 Å². The van der Waals surface area contributed by atoms with Crippen molar-refractivity contribution in [2.24, 2.45) is 5.73 Å². The van der Waals surface area contributed by atoms with Crippen molar-refractivity contribution in [3.63, 3.8) is 0 Å². The highest BCUT2D eigenvalue weighted by Gasteiger charge is 2.51. The predicted octanol–water partition coefficient (Wildman–Crippen LogP) is 2.79. The highest BCUT2D eigenvalue weighted by atomic mass is 35.5. The number of nitrogens with two attached hydrogens (primary N) is 1. The Bertz CT molecular complexity index is 449. The number of hydrogen-bond acceptors (Lipinski definition) is 2. The summed E-state index contributed by atoms with van der Waals surface area (Å²) < 4.78 is 19.0. The third-order valence-electron chi connectivity index (χ3n) is 3.69. The van der Waals surface area contributed by atoms with Gasteiger partial charge >= 0.3 is 0 Å². The molecule has 1 aromatic carbocycles. The van der Waals surface area contributed by atoms with E-state index in [9.17, 15) is 4.39 Å². The summed E-state index contributed by atoms with van der Waals surface area (Å²) in [4.78, 5) is 0. The lowest BCUT2D eigenvalue weighted by molar-refractivity contribution is -0.0919. The Morgan fingerprint density at radius 1 is 1.41 bits per heavy atom. The third kappa shape index (κ3) is 1.86. The molecule has 1 saturated heterocycles. The summed E-state index contributed by atoms with van der Waals surface area (Å²) in [6.45, 7) is 6.51. The summed E-state index contributed by atoms with van der Waals surface area (Å²) in [5.74, 6) is -0.250. The maximum atomic E-state index is 13.7. The Kier molecular flexibility index (Phi) is 2.97. The van der Waals surface area contributed by atoms with Gasteiger partial charge in [0.1, 0.15) is 5.82 Å². The van der Waals surface area contributed by atoms with Crippen molar-refractivity contribution >= 4 is 11.6 Å². The van der Waals surface area contributed by atoms with Gasteiger partial charge < -0.3 is 10.5 Å². The minimum absolute atomic E-state index is 0.250. The number of ether oxygens (including phenoxy) is 1. The lowest BCUT2D eigenvalue weighted by Gasteiger charge is -2.51. The predicted molar refractivity (Wildman–Crippen MR) is 66.9 cm³/mol. The van der Waals surface area contributed by atoms with Crippen molar-refractivity contribution in [2.75, 3.05) is 13.2 Å². The number of hydrogen-bond donors (Lipinski definition) is 1. The molecular formula is C13H17ClFNO. The number of benzene rings is 1. The molecule has 1 fully saturated rings. The van der Waals surface area contributed by atoms with E-state index >= 15 is 0 Å². The Balaban J connectivity index is 2.56. The summed E-state index contributed by atoms with van der Waals surface area (Å²) in [5.41, 5.74) is 6.61. The standard InChI is InChI=1S/C13H17ClFNO/c1-8-4-10(14)9(5-11(8)15)13(6-17-7-13)12(2,3)16/h4-5H,6-7,16H2,1-3H3. The molecule has 0 amide bonds. The summed E-state index contributed by atoms with van der Waals surface area (Å²) in [6, 6.07) is 3.15. The highest BCUT2D eigenvalue weighted by molar-refractivity contribution is 6.31. The zero-order valence-electron chi connectivity index (χ0n) is 10.3. The molecule has 2 N–H and O–H groups in total. The smallest absolute Gasteiger partial charge is 0.126 e. The number of rotatable bonds is 2. The van der Waals surface area contributed by atoms with Gasteiger partial charge in [-0.1, -0.05) is 11.6 Å². The second kappa shape index (κ2) is 3.94. The third-order valence-corrected chi connectivity index (χ3v) is 4.01. The first-order chi connectivity index (χ1) is 7.78. The molecule has 4 heteroatoms. The van der Waals surface area contributed by atoms with E-state index < -0.39 is 11.0 Å². The van der Waals surface area contributed by atoms with Gasteiger partial charge in [-0.3, -0.25) is 0 Å². The van der Waals surface area contributed by atoms with Gasteiger partial charge in [0.15, 0.2) is 0 Å². The second-order valence-corrected chi connectivity index (χ2v) is 5.79. The Morgan fingerprint density at radius 2 is 2.00 bits per heavy atom. The minimum Gasteiger partial charge on any atom is -0.379 e. The van der Waals surface area contributed by atoms with Crippen LogP contribution in [-0.2, 0) is 10.2 Å². The molecule has 1 aromatic rings. The molecule has 0 aliphatic carbocycles. The van der Waals surface area contributed by atoms with Crippen LogP contribution in [0.2, 0.25) is 5.02 Å². The van der Waals surface area contributed by atoms with Crippen LogP contribution >= 0.6 is 11.6 Å². The van der Waals surface area contributed by atoms with E-state index in [2.05, 4.69) is 0 Å². The molecule has 0 bridgehead atoms.